The van der Waals surface area contributed by atoms with Gasteiger partial charge in [-0.15, -0.1) is 0 Å². The van der Waals surface area contributed by atoms with Gasteiger partial charge in [0, 0.05) is 12.6 Å². The third-order valence-electron chi connectivity index (χ3n) is 4.12. The van der Waals surface area contributed by atoms with E-state index < -0.39 is 0 Å². The molecule has 2 N–H and O–H groups in total. The maximum Gasteiger partial charge on any atom is 0.209 e. The number of oxazole rings is 1. The van der Waals surface area contributed by atoms with E-state index in [-0.39, 0.29) is 0 Å². The third kappa shape index (κ3) is 2.65. The zero-order chi connectivity index (χ0) is 13.2. The normalized spacial score (nSPS) is 24.9. The smallest absolute Gasteiger partial charge is 0.209 e. The van der Waals surface area contributed by atoms with Gasteiger partial charge in [0.2, 0.25) is 5.89 Å². The standard InChI is InChI=1S/C15H21N3O/c1-11-6-7-12(8-16)9-18(11)10-15-17-13-4-2-3-5-14(13)19-15/h2-5,11-12H,6-10,16H2,1H3. The van der Waals surface area contributed by atoms with Crippen LogP contribution in [0.5, 0.6) is 0 Å². The lowest BCUT2D eigenvalue weighted by molar-refractivity contribution is 0.104. The molecule has 2 atom stereocenters. The largest absolute Gasteiger partial charge is 0.439 e. The average Bonchev–Trinajstić information content (AvgIpc) is 2.83. The summed E-state index contributed by atoms with van der Waals surface area (Å²) in [5, 5.41) is 0. The van der Waals surface area contributed by atoms with E-state index in [0.717, 1.165) is 36.6 Å². The fourth-order valence-corrected chi connectivity index (χ4v) is 2.84. The monoisotopic (exact) mass is 259 g/mol. The van der Waals surface area contributed by atoms with E-state index in [1.54, 1.807) is 0 Å². The van der Waals surface area contributed by atoms with Gasteiger partial charge in [-0.25, -0.2) is 4.98 Å². The molecule has 19 heavy (non-hydrogen) atoms. The van der Waals surface area contributed by atoms with Gasteiger partial charge in [-0.3, -0.25) is 4.90 Å². The second kappa shape index (κ2) is 5.31. The van der Waals surface area contributed by atoms with Gasteiger partial charge in [0.25, 0.3) is 0 Å². The molecule has 0 radical (unpaired) electrons. The third-order valence-corrected chi connectivity index (χ3v) is 4.12. The number of aromatic nitrogens is 1. The zero-order valence-corrected chi connectivity index (χ0v) is 11.4. The molecule has 0 saturated carbocycles. The van der Waals surface area contributed by atoms with Crippen molar-refractivity contribution >= 4 is 11.1 Å². The Hall–Kier alpha value is -1.39. The molecule has 2 heterocycles. The van der Waals surface area contributed by atoms with Gasteiger partial charge >= 0.3 is 0 Å². The number of fused-ring (bicyclic) bond motifs is 1. The fourth-order valence-electron chi connectivity index (χ4n) is 2.84. The van der Waals surface area contributed by atoms with Crippen molar-refractivity contribution in [2.75, 3.05) is 13.1 Å². The number of nitrogens with zero attached hydrogens (tertiary/aromatic N) is 2. The summed E-state index contributed by atoms with van der Waals surface area (Å²) >= 11 is 0. The van der Waals surface area contributed by atoms with Gasteiger partial charge in [-0.2, -0.15) is 0 Å². The highest BCUT2D eigenvalue weighted by molar-refractivity contribution is 5.72. The van der Waals surface area contributed by atoms with Crippen LogP contribution in [0.4, 0.5) is 0 Å². The lowest BCUT2D eigenvalue weighted by Gasteiger charge is -2.36. The number of rotatable bonds is 3. The predicted octanol–water partition coefficient (Wildman–Crippen LogP) is 2.39. The predicted molar refractivity (Wildman–Crippen MR) is 75.7 cm³/mol. The Balaban J connectivity index is 1.75. The molecule has 0 bridgehead atoms. The highest BCUT2D eigenvalue weighted by Crippen LogP contribution is 2.24. The van der Waals surface area contributed by atoms with E-state index in [0.29, 0.717) is 12.0 Å². The van der Waals surface area contributed by atoms with Crippen LogP contribution in [0, 0.1) is 5.92 Å². The van der Waals surface area contributed by atoms with Crippen LogP contribution >= 0.6 is 0 Å². The number of hydrogen-bond donors (Lipinski definition) is 1. The van der Waals surface area contributed by atoms with Crippen LogP contribution in [0.15, 0.2) is 28.7 Å². The Labute approximate surface area is 113 Å². The van der Waals surface area contributed by atoms with Crippen molar-refractivity contribution in [1.82, 2.24) is 9.88 Å². The summed E-state index contributed by atoms with van der Waals surface area (Å²) in [5.74, 6) is 1.42. The second-order valence-electron chi connectivity index (χ2n) is 5.53. The van der Waals surface area contributed by atoms with Crippen LogP contribution in [0.2, 0.25) is 0 Å². The Morgan fingerprint density at radius 3 is 3.00 bits per heavy atom. The van der Waals surface area contributed by atoms with Crippen LogP contribution < -0.4 is 5.73 Å². The second-order valence-corrected chi connectivity index (χ2v) is 5.53. The molecule has 4 nitrogen and oxygen atoms in total. The number of piperidine rings is 1. The fraction of sp³-hybridized carbons (Fsp3) is 0.533. The number of likely N-dealkylation sites (tertiary alicyclic amines) is 1. The first-order chi connectivity index (χ1) is 9.26. The first-order valence-electron chi connectivity index (χ1n) is 7.05. The van der Waals surface area contributed by atoms with Crippen molar-refractivity contribution in [1.29, 1.82) is 0 Å². The summed E-state index contributed by atoms with van der Waals surface area (Å²) in [5.41, 5.74) is 7.61. The molecule has 1 aliphatic heterocycles. The summed E-state index contributed by atoms with van der Waals surface area (Å²) in [4.78, 5) is 6.99. The lowest BCUT2D eigenvalue weighted by Crippen LogP contribution is -2.43. The molecule has 0 aliphatic carbocycles. The van der Waals surface area contributed by atoms with Crippen molar-refractivity contribution in [3.63, 3.8) is 0 Å². The van der Waals surface area contributed by atoms with Crippen LogP contribution in [0.3, 0.4) is 0 Å². The minimum Gasteiger partial charge on any atom is -0.439 e. The maximum absolute atomic E-state index is 5.80. The number of nitrogens with two attached hydrogens (primary N) is 1. The molecule has 1 aliphatic rings. The topological polar surface area (TPSA) is 55.3 Å². The average molecular weight is 259 g/mol. The first kappa shape index (κ1) is 12.6. The van der Waals surface area contributed by atoms with E-state index in [2.05, 4.69) is 16.8 Å². The summed E-state index contributed by atoms with van der Waals surface area (Å²) in [6.07, 6.45) is 2.45. The molecule has 1 fully saturated rings. The number of para-hydroxylation sites is 2. The summed E-state index contributed by atoms with van der Waals surface area (Å²) < 4.78 is 5.80. The van der Waals surface area contributed by atoms with Crippen LogP contribution in [-0.2, 0) is 6.54 Å². The van der Waals surface area contributed by atoms with E-state index >= 15 is 0 Å². The molecule has 1 saturated heterocycles. The molecule has 3 rings (SSSR count). The molecule has 4 heteroatoms. The van der Waals surface area contributed by atoms with Gasteiger partial charge in [0.1, 0.15) is 5.52 Å². The van der Waals surface area contributed by atoms with Crippen molar-refractivity contribution < 1.29 is 4.42 Å². The number of benzene rings is 1. The molecule has 0 amide bonds. The van der Waals surface area contributed by atoms with Gasteiger partial charge in [-0.1, -0.05) is 12.1 Å². The van der Waals surface area contributed by atoms with Crippen LogP contribution in [-0.4, -0.2) is 29.0 Å². The van der Waals surface area contributed by atoms with Crippen molar-refractivity contribution in [3.05, 3.63) is 30.2 Å². The van der Waals surface area contributed by atoms with Crippen LogP contribution in [0.25, 0.3) is 11.1 Å². The molecule has 0 spiro atoms. The summed E-state index contributed by atoms with van der Waals surface area (Å²) in [6, 6.07) is 8.50. The molecular formula is C15H21N3O. The van der Waals surface area contributed by atoms with Gasteiger partial charge in [-0.05, 0) is 44.4 Å². The lowest BCUT2D eigenvalue weighted by atomic mass is 9.93. The Morgan fingerprint density at radius 2 is 2.21 bits per heavy atom. The highest BCUT2D eigenvalue weighted by Gasteiger charge is 2.25. The quantitative estimate of drug-likeness (QED) is 0.919. The minimum absolute atomic E-state index is 0.581. The van der Waals surface area contributed by atoms with E-state index in [4.69, 9.17) is 10.2 Å². The van der Waals surface area contributed by atoms with E-state index in [9.17, 15) is 0 Å². The van der Waals surface area contributed by atoms with E-state index in [1.807, 2.05) is 24.3 Å². The van der Waals surface area contributed by atoms with Crippen molar-refractivity contribution in [3.8, 4) is 0 Å². The van der Waals surface area contributed by atoms with E-state index in [1.165, 1.54) is 12.8 Å². The molecular weight excluding hydrogens is 238 g/mol. The maximum atomic E-state index is 5.80. The SMILES string of the molecule is CC1CCC(CN)CN1Cc1nc2ccccc2o1. The minimum atomic E-state index is 0.581. The van der Waals surface area contributed by atoms with Gasteiger partial charge in [0.15, 0.2) is 5.58 Å². The Morgan fingerprint density at radius 1 is 1.37 bits per heavy atom. The zero-order valence-electron chi connectivity index (χ0n) is 11.4. The molecule has 2 unspecified atom stereocenters. The van der Waals surface area contributed by atoms with Crippen LogP contribution in [0.1, 0.15) is 25.7 Å². The van der Waals surface area contributed by atoms with Gasteiger partial charge in [0.05, 0.1) is 6.54 Å². The molecule has 2 aromatic rings. The molecule has 1 aromatic heterocycles. The first-order valence-corrected chi connectivity index (χ1v) is 7.05. The molecule has 1 aromatic carbocycles. The van der Waals surface area contributed by atoms with Gasteiger partial charge < -0.3 is 10.2 Å². The number of hydrogen-bond acceptors (Lipinski definition) is 4. The highest BCUT2D eigenvalue weighted by atomic mass is 16.3. The van der Waals surface area contributed by atoms with Crippen molar-refractivity contribution in [2.45, 2.75) is 32.4 Å². The summed E-state index contributed by atoms with van der Waals surface area (Å²) in [6.45, 7) is 4.88. The Bertz CT molecular complexity index is 518. The molecule has 102 valence electrons. The summed E-state index contributed by atoms with van der Waals surface area (Å²) in [7, 11) is 0. The van der Waals surface area contributed by atoms with Crippen molar-refractivity contribution in [2.24, 2.45) is 11.7 Å². The Kier molecular flexibility index (Phi) is 3.53.